The number of hydrogen-bond donors (Lipinski definition) is 1. The van der Waals surface area contributed by atoms with Gasteiger partial charge in [0.2, 0.25) is 0 Å². The van der Waals surface area contributed by atoms with Crippen LogP contribution in [0.4, 0.5) is 0 Å². The number of benzene rings is 1. The van der Waals surface area contributed by atoms with E-state index >= 15 is 0 Å². The quantitative estimate of drug-likeness (QED) is 0.927. The molecule has 0 saturated heterocycles. The summed E-state index contributed by atoms with van der Waals surface area (Å²) in [5.74, 6) is 0. The van der Waals surface area contributed by atoms with Gasteiger partial charge in [-0.15, -0.1) is 11.3 Å². The van der Waals surface area contributed by atoms with Gasteiger partial charge < -0.3 is 5.32 Å². The van der Waals surface area contributed by atoms with Crippen molar-refractivity contribution in [2.75, 3.05) is 7.05 Å². The molecule has 0 spiro atoms. The highest BCUT2D eigenvalue weighted by Gasteiger charge is 2.49. The zero-order valence-corrected chi connectivity index (χ0v) is 12.7. The molecule has 4 rings (SSSR count). The number of nitrogens with one attached hydrogen (secondary N) is 1. The second kappa shape index (κ2) is 4.68. The Morgan fingerprint density at radius 2 is 2.05 bits per heavy atom. The largest absolute Gasteiger partial charge is 0.312 e. The third-order valence-electron chi connectivity index (χ3n) is 4.79. The molecule has 2 aliphatic rings. The molecule has 1 heterocycles. The van der Waals surface area contributed by atoms with Crippen molar-refractivity contribution in [1.82, 2.24) is 10.3 Å². The van der Waals surface area contributed by atoms with Crippen molar-refractivity contribution in [3.8, 4) is 0 Å². The van der Waals surface area contributed by atoms with Crippen LogP contribution in [0.25, 0.3) is 0 Å². The van der Waals surface area contributed by atoms with E-state index in [0.29, 0.717) is 6.04 Å². The molecule has 0 bridgehead atoms. The molecular formula is C17H20N2S. The van der Waals surface area contributed by atoms with Gasteiger partial charge in [-0.25, -0.2) is 4.98 Å². The van der Waals surface area contributed by atoms with Crippen LogP contribution >= 0.6 is 11.3 Å². The van der Waals surface area contributed by atoms with Crippen LogP contribution in [0.5, 0.6) is 0 Å². The molecule has 3 heteroatoms. The van der Waals surface area contributed by atoms with Gasteiger partial charge in [0.05, 0.1) is 11.7 Å². The van der Waals surface area contributed by atoms with E-state index in [1.54, 1.807) is 0 Å². The minimum Gasteiger partial charge on any atom is -0.312 e. The lowest BCUT2D eigenvalue weighted by Crippen LogP contribution is -2.21. The number of aromatic nitrogens is 1. The fourth-order valence-electron chi connectivity index (χ4n) is 3.41. The number of thiazole rings is 1. The number of rotatable bonds is 3. The first kappa shape index (κ1) is 12.5. The monoisotopic (exact) mass is 284 g/mol. The average molecular weight is 284 g/mol. The van der Waals surface area contributed by atoms with E-state index in [-0.39, 0.29) is 5.41 Å². The summed E-state index contributed by atoms with van der Waals surface area (Å²) in [6.45, 7) is 0. The summed E-state index contributed by atoms with van der Waals surface area (Å²) in [7, 11) is 2.06. The van der Waals surface area contributed by atoms with Crippen molar-refractivity contribution in [2.45, 2.75) is 43.6 Å². The first-order valence-electron chi connectivity index (χ1n) is 7.56. The standard InChI is InChI=1S/C17H20N2S/c1-18-13-8-5-9-14-15(13)19-16(20-14)17(10-11-17)12-6-3-2-4-7-12/h2-4,6-7,13,18H,5,8-11H2,1H3. The summed E-state index contributed by atoms with van der Waals surface area (Å²) in [5.41, 5.74) is 3.02. The molecule has 0 aliphatic heterocycles. The zero-order chi connectivity index (χ0) is 13.6. The topological polar surface area (TPSA) is 24.9 Å². The summed E-state index contributed by atoms with van der Waals surface area (Å²) in [5, 5.41) is 4.79. The number of nitrogens with zero attached hydrogens (tertiary/aromatic N) is 1. The normalized spacial score (nSPS) is 23.4. The highest BCUT2D eigenvalue weighted by molar-refractivity contribution is 7.12. The van der Waals surface area contributed by atoms with Gasteiger partial charge in [-0.05, 0) is 44.7 Å². The molecule has 1 atom stereocenters. The number of aryl methyl sites for hydroxylation is 1. The maximum Gasteiger partial charge on any atom is 0.104 e. The van der Waals surface area contributed by atoms with Crippen molar-refractivity contribution in [3.63, 3.8) is 0 Å². The minimum atomic E-state index is 0.238. The van der Waals surface area contributed by atoms with Crippen molar-refractivity contribution in [3.05, 3.63) is 51.5 Å². The number of hydrogen-bond acceptors (Lipinski definition) is 3. The maximum atomic E-state index is 5.07. The summed E-state index contributed by atoms with van der Waals surface area (Å²) < 4.78 is 0. The lowest BCUT2D eigenvalue weighted by molar-refractivity contribution is 0.488. The Balaban J connectivity index is 1.75. The average Bonchev–Trinajstić information content (AvgIpc) is 3.20. The Morgan fingerprint density at radius 3 is 2.75 bits per heavy atom. The predicted octanol–water partition coefficient (Wildman–Crippen LogP) is 3.82. The summed E-state index contributed by atoms with van der Waals surface area (Å²) in [6, 6.07) is 11.4. The fraction of sp³-hybridized carbons (Fsp3) is 0.471. The summed E-state index contributed by atoms with van der Waals surface area (Å²) in [6.07, 6.45) is 6.25. The maximum absolute atomic E-state index is 5.07. The highest BCUT2D eigenvalue weighted by Crippen LogP contribution is 2.55. The Bertz CT molecular complexity index is 613. The SMILES string of the molecule is CNC1CCCc2sc(C3(c4ccccc4)CC3)nc21. The van der Waals surface area contributed by atoms with E-state index < -0.39 is 0 Å². The van der Waals surface area contributed by atoms with Gasteiger partial charge in [0.1, 0.15) is 5.01 Å². The molecule has 1 saturated carbocycles. The van der Waals surface area contributed by atoms with Gasteiger partial charge in [0.25, 0.3) is 0 Å². The van der Waals surface area contributed by atoms with Crippen molar-refractivity contribution >= 4 is 11.3 Å². The van der Waals surface area contributed by atoms with E-state index in [1.807, 2.05) is 11.3 Å². The van der Waals surface area contributed by atoms with Crippen molar-refractivity contribution in [1.29, 1.82) is 0 Å². The molecule has 1 N–H and O–H groups in total. The minimum absolute atomic E-state index is 0.238. The van der Waals surface area contributed by atoms with Crippen molar-refractivity contribution in [2.24, 2.45) is 0 Å². The van der Waals surface area contributed by atoms with Gasteiger partial charge in [-0.3, -0.25) is 0 Å². The Kier molecular flexibility index (Phi) is 2.93. The molecule has 1 aromatic heterocycles. The third-order valence-corrected chi connectivity index (χ3v) is 6.12. The Morgan fingerprint density at radius 1 is 1.25 bits per heavy atom. The summed E-state index contributed by atoms with van der Waals surface area (Å²) in [4.78, 5) is 6.59. The van der Waals surface area contributed by atoms with E-state index in [9.17, 15) is 0 Å². The summed E-state index contributed by atoms with van der Waals surface area (Å²) >= 11 is 1.97. The molecular weight excluding hydrogens is 264 g/mol. The van der Waals surface area contributed by atoms with E-state index in [4.69, 9.17) is 4.98 Å². The lowest BCUT2D eigenvalue weighted by atomic mass is 9.96. The van der Waals surface area contributed by atoms with Crippen LogP contribution in [-0.4, -0.2) is 12.0 Å². The van der Waals surface area contributed by atoms with Crippen LogP contribution in [0, 0.1) is 0 Å². The Labute approximate surface area is 124 Å². The molecule has 2 aromatic rings. The molecule has 1 fully saturated rings. The van der Waals surface area contributed by atoms with Crippen LogP contribution in [0.1, 0.15) is 52.9 Å². The molecule has 0 amide bonds. The smallest absolute Gasteiger partial charge is 0.104 e. The third kappa shape index (κ3) is 1.84. The van der Waals surface area contributed by atoms with E-state index in [0.717, 1.165) is 0 Å². The van der Waals surface area contributed by atoms with Gasteiger partial charge >= 0.3 is 0 Å². The highest BCUT2D eigenvalue weighted by atomic mass is 32.1. The second-order valence-electron chi connectivity index (χ2n) is 6.01. The fourth-order valence-corrected chi connectivity index (χ4v) is 4.85. The van der Waals surface area contributed by atoms with Gasteiger partial charge in [0.15, 0.2) is 0 Å². The van der Waals surface area contributed by atoms with Crippen LogP contribution in [-0.2, 0) is 11.8 Å². The zero-order valence-electron chi connectivity index (χ0n) is 11.9. The van der Waals surface area contributed by atoms with Gasteiger partial charge in [-0.2, -0.15) is 0 Å². The van der Waals surface area contributed by atoms with Crippen LogP contribution in [0.2, 0.25) is 0 Å². The van der Waals surface area contributed by atoms with Crippen LogP contribution < -0.4 is 5.32 Å². The number of fused-ring (bicyclic) bond motifs is 1. The predicted molar refractivity (Wildman–Crippen MR) is 83.3 cm³/mol. The first-order valence-corrected chi connectivity index (χ1v) is 8.38. The Hall–Kier alpha value is -1.19. The molecule has 1 unspecified atom stereocenters. The second-order valence-corrected chi connectivity index (χ2v) is 7.09. The van der Waals surface area contributed by atoms with E-state index in [2.05, 4.69) is 42.7 Å². The molecule has 1 aromatic carbocycles. The van der Waals surface area contributed by atoms with Gasteiger partial charge in [-0.1, -0.05) is 30.3 Å². The molecule has 0 radical (unpaired) electrons. The lowest BCUT2D eigenvalue weighted by Gasteiger charge is -2.20. The van der Waals surface area contributed by atoms with E-state index in [1.165, 1.54) is 53.2 Å². The van der Waals surface area contributed by atoms with Crippen LogP contribution in [0.3, 0.4) is 0 Å². The molecule has 2 aliphatic carbocycles. The van der Waals surface area contributed by atoms with Crippen molar-refractivity contribution < 1.29 is 0 Å². The first-order chi connectivity index (χ1) is 9.83. The van der Waals surface area contributed by atoms with Crippen LogP contribution in [0.15, 0.2) is 30.3 Å². The molecule has 2 nitrogen and oxygen atoms in total. The molecule has 104 valence electrons. The van der Waals surface area contributed by atoms with Gasteiger partial charge in [0, 0.05) is 10.3 Å². The molecule has 20 heavy (non-hydrogen) atoms.